The van der Waals surface area contributed by atoms with Gasteiger partial charge in [0.1, 0.15) is 0 Å². The van der Waals surface area contributed by atoms with E-state index in [1.54, 1.807) is 23.1 Å². The summed E-state index contributed by atoms with van der Waals surface area (Å²) in [6.07, 6.45) is 0. The van der Waals surface area contributed by atoms with Crippen LogP contribution in [0.4, 0.5) is 8.78 Å². The predicted molar refractivity (Wildman–Crippen MR) is 66.1 cm³/mol. The van der Waals surface area contributed by atoms with E-state index in [1.165, 1.54) is 12.1 Å². The molecule has 0 aliphatic rings. The van der Waals surface area contributed by atoms with Crippen LogP contribution in [-0.2, 0) is 5.92 Å². The number of rotatable bonds is 6. The zero-order valence-electron chi connectivity index (χ0n) is 10.4. The van der Waals surface area contributed by atoms with Crippen molar-refractivity contribution in [2.75, 3.05) is 19.6 Å². The highest BCUT2D eigenvalue weighted by molar-refractivity contribution is 5.20. The first-order chi connectivity index (χ1) is 7.97. The second-order valence-electron chi connectivity index (χ2n) is 4.42. The van der Waals surface area contributed by atoms with Gasteiger partial charge in [0, 0.05) is 24.7 Å². The SMILES string of the molecule is CC(C)N(CCN)CC(F)(F)c1ccccc1. The molecule has 0 amide bonds. The summed E-state index contributed by atoms with van der Waals surface area (Å²) in [5, 5.41) is 0. The third-order valence-electron chi connectivity index (χ3n) is 2.74. The molecule has 0 unspecified atom stereocenters. The number of hydrogen-bond donors (Lipinski definition) is 1. The van der Waals surface area contributed by atoms with Gasteiger partial charge in [0.15, 0.2) is 0 Å². The van der Waals surface area contributed by atoms with Gasteiger partial charge in [-0.1, -0.05) is 30.3 Å². The van der Waals surface area contributed by atoms with Gasteiger partial charge in [0.2, 0.25) is 0 Å². The summed E-state index contributed by atoms with van der Waals surface area (Å²) in [7, 11) is 0. The number of halogens is 2. The van der Waals surface area contributed by atoms with E-state index in [0.717, 1.165) is 0 Å². The van der Waals surface area contributed by atoms with Gasteiger partial charge >= 0.3 is 0 Å². The van der Waals surface area contributed by atoms with Crippen LogP contribution in [0.2, 0.25) is 0 Å². The Kier molecular flexibility index (Phi) is 5.02. The molecule has 0 aromatic heterocycles. The third kappa shape index (κ3) is 4.06. The van der Waals surface area contributed by atoms with Crippen molar-refractivity contribution in [3.63, 3.8) is 0 Å². The van der Waals surface area contributed by atoms with Gasteiger partial charge in [-0.15, -0.1) is 0 Å². The van der Waals surface area contributed by atoms with Crippen LogP contribution in [0.25, 0.3) is 0 Å². The van der Waals surface area contributed by atoms with Gasteiger partial charge < -0.3 is 5.73 Å². The number of nitrogens with zero attached hydrogens (tertiary/aromatic N) is 1. The van der Waals surface area contributed by atoms with Crippen LogP contribution in [0.15, 0.2) is 30.3 Å². The van der Waals surface area contributed by atoms with E-state index >= 15 is 0 Å². The van der Waals surface area contributed by atoms with Gasteiger partial charge in [-0.3, -0.25) is 4.90 Å². The zero-order chi connectivity index (χ0) is 12.9. The molecule has 0 atom stereocenters. The quantitative estimate of drug-likeness (QED) is 0.830. The molecule has 17 heavy (non-hydrogen) atoms. The fraction of sp³-hybridized carbons (Fsp3) is 0.538. The largest absolute Gasteiger partial charge is 0.329 e. The van der Waals surface area contributed by atoms with Crippen LogP contribution in [0, 0.1) is 0 Å². The van der Waals surface area contributed by atoms with Crippen molar-refractivity contribution in [1.82, 2.24) is 4.90 Å². The lowest BCUT2D eigenvalue weighted by Gasteiger charge is -2.30. The molecule has 2 N–H and O–H groups in total. The molecule has 0 spiro atoms. The van der Waals surface area contributed by atoms with E-state index in [9.17, 15) is 8.78 Å². The van der Waals surface area contributed by atoms with Gasteiger partial charge in [-0.2, -0.15) is 8.78 Å². The Hall–Kier alpha value is -1.00. The van der Waals surface area contributed by atoms with Crippen molar-refractivity contribution < 1.29 is 8.78 Å². The molecule has 0 radical (unpaired) electrons. The number of hydrogen-bond acceptors (Lipinski definition) is 2. The second kappa shape index (κ2) is 6.07. The summed E-state index contributed by atoms with van der Waals surface area (Å²) in [6, 6.07) is 7.98. The molecule has 0 saturated carbocycles. The third-order valence-corrected chi connectivity index (χ3v) is 2.74. The Labute approximate surface area is 101 Å². The highest BCUT2D eigenvalue weighted by atomic mass is 19.3. The molecule has 1 rings (SSSR count). The first kappa shape index (κ1) is 14.1. The summed E-state index contributed by atoms with van der Waals surface area (Å²) in [6.45, 7) is 4.39. The predicted octanol–water partition coefficient (Wildman–Crippen LogP) is 2.45. The van der Waals surface area contributed by atoms with E-state index in [4.69, 9.17) is 5.73 Å². The maximum atomic E-state index is 14.0. The standard InChI is InChI=1S/C13H20F2N2/c1-11(2)17(9-8-16)10-13(14,15)12-6-4-3-5-7-12/h3-7,11H,8-10,16H2,1-2H3. The Morgan fingerprint density at radius 1 is 1.24 bits per heavy atom. The van der Waals surface area contributed by atoms with Crippen molar-refractivity contribution >= 4 is 0 Å². The minimum Gasteiger partial charge on any atom is -0.329 e. The molecule has 0 aliphatic heterocycles. The topological polar surface area (TPSA) is 29.3 Å². The number of alkyl halides is 2. The molecule has 0 aliphatic carbocycles. The summed E-state index contributed by atoms with van der Waals surface area (Å²) in [5.74, 6) is -2.83. The molecular weight excluding hydrogens is 222 g/mol. The van der Waals surface area contributed by atoms with E-state index in [0.29, 0.717) is 13.1 Å². The van der Waals surface area contributed by atoms with Crippen molar-refractivity contribution in [2.45, 2.75) is 25.8 Å². The number of nitrogens with two attached hydrogens (primary N) is 1. The molecule has 1 aromatic carbocycles. The highest BCUT2D eigenvalue weighted by Crippen LogP contribution is 2.29. The van der Waals surface area contributed by atoms with Crippen LogP contribution in [0.1, 0.15) is 19.4 Å². The highest BCUT2D eigenvalue weighted by Gasteiger charge is 2.34. The van der Waals surface area contributed by atoms with Gasteiger partial charge in [-0.05, 0) is 13.8 Å². The van der Waals surface area contributed by atoms with E-state index in [1.807, 2.05) is 13.8 Å². The van der Waals surface area contributed by atoms with E-state index in [-0.39, 0.29) is 18.2 Å². The molecular formula is C13H20F2N2. The maximum Gasteiger partial charge on any atom is 0.285 e. The van der Waals surface area contributed by atoms with Crippen LogP contribution in [0.5, 0.6) is 0 Å². The van der Waals surface area contributed by atoms with Crippen molar-refractivity contribution in [3.05, 3.63) is 35.9 Å². The van der Waals surface area contributed by atoms with E-state index in [2.05, 4.69) is 0 Å². The Balaban J connectivity index is 2.77. The first-order valence-corrected chi connectivity index (χ1v) is 5.85. The normalized spacial score (nSPS) is 12.4. The van der Waals surface area contributed by atoms with Crippen molar-refractivity contribution in [1.29, 1.82) is 0 Å². The second-order valence-corrected chi connectivity index (χ2v) is 4.42. The minimum atomic E-state index is -2.83. The van der Waals surface area contributed by atoms with Crippen LogP contribution in [0.3, 0.4) is 0 Å². The van der Waals surface area contributed by atoms with Gasteiger partial charge in [-0.25, -0.2) is 0 Å². The average molecular weight is 242 g/mol. The van der Waals surface area contributed by atoms with Crippen molar-refractivity contribution in [3.8, 4) is 0 Å². The molecule has 0 heterocycles. The first-order valence-electron chi connectivity index (χ1n) is 5.85. The molecule has 0 bridgehead atoms. The van der Waals surface area contributed by atoms with E-state index < -0.39 is 5.92 Å². The summed E-state index contributed by atoms with van der Waals surface area (Å²) in [4.78, 5) is 1.70. The minimum absolute atomic E-state index is 0.0580. The fourth-order valence-corrected chi connectivity index (χ4v) is 1.71. The summed E-state index contributed by atoms with van der Waals surface area (Å²) >= 11 is 0. The molecule has 0 fully saturated rings. The molecule has 4 heteroatoms. The zero-order valence-corrected chi connectivity index (χ0v) is 10.4. The maximum absolute atomic E-state index is 14.0. The fourth-order valence-electron chi connectivity index (χ4n) is 1.71. The van der Waals surface area contributed by atoms with Gasteiger partial charge in [0.25, 0.3) is 5.92 Å². The molecule has 96 valence electrons. The molecule has 2 nitrogen and oxygen atoms in total. The smallest absolute Gasteiger partial charge is 0.285 e. The number of benzene rings is 1. The van der Waals surface area contributed by atoms with Crippen molar-refractivity contribution in [2.24, 2.45) is 5.73 Å². The van der Waals surface area contributed by atoms with Crippen LogP contribution in [-0.4, -0.2) is 30.6 Å². The van der Waals surface area contributed by atoms with Gasteiger partial charge in [0.05, 0.1) is 6.54 Å². The Morgan fingerprint density at radius 2 is 1.82 bits per heavy atom. The van der Waals surface area contributed by atoms with Crippen LogP contribution < -0.4 is 5.73 Å². The summed E-state index contributed by atoms with van der Waals surface area (Å²) in [5.41, 5.74) is 5.50. The molecule has 1 aromatic rings. The van der Waals surface area contributed by atoms with Crippen LogP contribution >= 0.6 is 0 Å². The lowest BCUT2D eigenvalue weighted by Crippen LogP contribution is -2.42. The molecule has 0 saturated heterocycles. The lowest BCUT2D eigenvalue weighted by molar-refractivity contribution is -0.0442. The lowest BCUT2D eigenvalue weighted by atomic mass is 10.1. The average Bonchev–Trinajstić information content (AvgIpc) is 2.29. The summed E-state index contributed by atoms with van der Waals surface area (Å²) < 4.78 is 28.0. The Bertz CT molecular complexity index is 325. The Morgan fingerprint density at radius 3 is 2.29 bits per heavy atom. The monoisotopic (exact) mass is 242 g/mol.